The quantitative estimate of drug-likeness (QED) is 0.193. The van der Waals surface area contributed by atoms with Crippen molar-refractivity contribution in [3.63, 3.8) is 0 Å². The van der Waals surface area contributed by atoms with Gasteiger partial charge in [-0.15, -0.1) is 0 Å². The second kappa shape index (κ2) is 7.58. The number of carbonyl (C=O) groups is 1. The Hall–Kier alpha value is -2.37. The van der Waals surface area contributed by atoms with Gasteiger partial charge in [-0.1, -0.05) is 12.1 Å². The highest BCUT2D eigenvalue weighted by Crippen LogP contribution is 2.13. The topological polar surface area (TPSA) is 81.2 Å². The lowest BCUT2D eigenvalue weighted by Gasteiger charge is -2.18. The highest BCUT2D eigenvalue weighted by molar-refractivity contribution is 6.70. The van der Waals surface area contributed by atoms with Gasteiger partial charge in [0, 0.05) is 0 Å². The maximum absolute atomic E-state index is 11.9. The van der Waals surface area contributed by atoms with Gasteiger partial charge in [0.2, 0.25) is 8.32 Å². The van der Waals surface area contributed by atoms with Crippen LogP contribution in [-0.2, 0) is 20.6 Å². The van der Waals surface area contributed by atoms with Crippen LogP contribution in [0, 0.1) is 0 Å². The number of benzene rings is 1. The van der Waals surface area contributed by atoms with E-state index in [-0.39, 0.29) is 18.1 Å². The maximum atomic E-state index is 11.9. The Labute approximate surface area is 131 Å². The first kappa shape index (κ1) is 17.7. The molecule has 0 spiro atoms. The molecule has 1 rings (SSSR count). The molecule has 0 atom stereocenters. The Morgan fingerprint density at radius 1 is 1.27 bits per heavy atom. The van der Waals surface area contributed by atoms with Crippen LogP contribution in [0.15, 0.2) is 36.6 Å². The Bertz CT molecular complexity index is 599. The lowest BCUT2D eigenvalue weighted by molar-refractivity contribution is -0.141. The van der Waals surface area contributed by atoms with E-state index < -0.39 is 14.3 Å². The number of rotatable bonds is 7. The van der Waals surface area contributed by atoms with Gasteiger partial charge in [0.1, 0.15) is 12.4 Å². The van der Waals surface area contributed by atoms with E-state index >= 15 is 0 Å². The molecule has 0 aliphatic carbocycles. The summed E-state index contributed by atoms with van der Waals surface area (Å²) in [5, 5.41) is 0. The molecular formula is C15H20N2O4Si. The van der Waals surface area contributed by atoms with Crippen molar-refractivity contribution in [2.24, 2.45) is 0 Å². The van der Waals surface area contributed by atoms with Gasteiger partial charge in [-0.2, -0.15) is 4.79 Å². The summed E-state index contributed by atoms with van der Waals surface area (Å²) < 4.78 is 15.7. The van der Waals surface area contributed by atoms with Crippen molar-refractivity contribution >= 4 is 20.0 Å². The third-order valence-corrected chi connectivity index (χ3v) is 3.37. The van der Waals surface area contributed by atoms with E-state index in [2.05, 4.69) is 11.4 Å². The molecule has 118 valence electrons. The van der Waals surface area contributed by atoms with E-state index in [0.717, 1.165) is 5.56 Å². The van der Waals surface area contributed by atoms with Crippen molar-refractivity contribution in [2.45, 2.75) is 26.2 Å². The molecular weight excluding hydrogens is 300 g/mol. The van der Waals surface area contributed by atoms with Gasteiger partial charge in [0.05, 0.1) is 7.11 Å². The largest absolute Gasteiger partial charge is 0.539 e. The molecule has 0 radical (unpaired) electrons. The van der Waals surface area contributed by atoms with Crippen LogP contribution in [-0.4, -0.2) is 31.9 Å². The molecule has 0 unspecified atom stereocenters. The summed E-state index contributed by atoms with van der Waals surface area (Å²) >= 11 is 0. The van der Waals surface area contributed by atoms with E-state index in [1.54, 1.807) is 31.4 Å². The van der Waals surface area contributed by atoms with Gasteiger partial charge in [0.25, 0.3) is 0 Å². The molecule has 0 aliphatic rings. The minimum atomic E-state index is -1.96. The van der Waals surface area contributed by atoms with Gasteiger partial charge >= 0.3 is 11.7 Å². The van der Waals surface area contributed by atoms with Crippen molar-refractivity contribution in [1.29, 1.82) is 0 Å². The van der Waals surface area contributed by atoms with Crippen LogP contribution in [0.1, 0.15) is 5.56 Å². The molecule has 0 fully saturated rings. The van der Waals surface area contributed by atoms with Crippen molar-refractivity contribution < 1.29 is 23.5 Å². The molecule has 7 heteroatoms. The lowest BCUT2D eigenvalue weighted by atomic mass is 10.2. The average Bonchev–Trinajstić information content (AvgIpc) is 2.44. The van der Waals surface area contributed by atoms with E-state index in [1.807, 2.05) is 19.6 Å². The fourth-order valence-electron chi connectivity index (χ4n) is 1.57. The summed E-state index contributed by atoms with van der Waals surface area (Å²) in [6.45, 7) is 9.44. The zero-order valence-electron chi connectivity index (χ0n) is 13.3. The van der Waals surface area contributed by atoms with Crippen LogP contribution in [0.25, 0.3) is 5.53 Å². The predicted octanol–water partition coefficient (Wildman–Crippen LogP) is 2.77. The summed E-state index contributed by atoms with van der Waals surface area (Å²) in [5.74, 6) is -0.0624. The molecule has 6 nitrogen and oxygen atoms in total. The fourth-order valence-corrected chi connectivity index (χ4v) is 2.40. The van der Waals surface area contributed by atoms with Crippen LogP contribution in [0.2, 0.25) is 19.6 Å². The molecule has 0 saturated carbocycles. The molecule has 22 heavy (non-hydrogen) atoms. The molecule has 0 saturated heterocycles. The number of hydrogen-bond donors (Lipinski definition) is 0. The van der Waals surface area contributed by atoms with Crippen molar-refractivity contribution in [3.8, 4) is 5.75 Å². The van der Waals surface area contributed by atoms with E-state index in [9.17, 15) is 4.79 Å². The minimum absolute atomic E-state index is 0.0152. The van der Waals surface area contributed by atoms with Crippen LogP contribution in [0.5, 0.6) is 5.75 Å². The fraction of sp³-hybridized carbons (Fsp3) is 0.333. The summed E-state index contributed by atoms with van der Waals surface area (Å²) in [4.78, 5) is 14.9. The summed E-state index contributed by atoms with van der Waals surface area (Å²) in [6, 6.07) is 7.07. The van der Waals surface area contributed by atoms with Crippen LogP contribution in [0.3, 0.4) is 0 Å². The van der Waals surface area contributed by atoms with Crippen molar-refractivity contribution in [3.05, 3.63) is 47.7 Å². The average molecular weight is 320 g/mol. The summed E-state index contributed by atoms with van der Waals surface area (Å²) in [7, 11) is -0.383. The van der Waals surface area contributed by atoms with Gasteiger partial charge < -0.3 is 19.4 Å². The van der Waals surface area contributed by atoms with Gasteiger partial charge in [-0.25, -0.2) is 4.79 Å². The Morgan fingerprint density at radius 3 is 2.32 bits per heavy atom. The van der Waals surface area contributed by atoms with E-state index in [1.165, 1.54) is 0 Å². The molecule has 0 amide bonds. The van der Waals surface area contributed by atoms with Crippen LogP contribution >= 0.6 is 0 Å². The lowest BCUT2D eigenvalue weighted by Crippen LogP contribution is -2.30. The molecule has 1 aromatic carbocycles. The van der Waals surface area contributed by atoms with Crippen molar-refractivity contribution in [2.75, 3.05) is 7.11 Å². The van der Waals surface area contributed by atoms with E-state index in [0.29, 0.717) is 5.75 Å². The molecule has 0 aliphatic heterocycles. The molecule has 0 N–H and O–H groups in total. The molecule has 1 aromatic rings. The number of methoxy groups -OCH3 is 1. The first-order chi connectivity index (χ1) is 10.3. The third-order valence-electron chi connectivity index (χ3n) is 2.52. The van der Waals surface area contributed by atoms with E-state index in [4.69, 9.17) is 19.4 Å². The SMILES string of the molecule is C=C(O[Si](C)(C)C)C(=[N+]=[N-])C(=O)OCc1ccc(OC)cc1. The second-order valence-electron chi connectivity index (χ2n) is 5.51. The second-order valence-corrected chi connectivity index (χ2v) is 9.94. The zero-order valence-corrected chi connectivity index (χ0v) is 14.3. The monoisotopic (exact) mass is 320 g/mol. The predicted molar refractivity (Wildman–Crippen MR) is 85.0 cm³/mol. The van der Waals surface area contributed by atoms with Gasteiger partial charge in [0.15, 0.2) is 5.76 Å². The molecule has 0 aromatic heterocycles. The summed E-state index contributed by atoms with van der Waals surface area (Å²) in [6.07, 6.45) is 0. The molecule has 0 heterocycles. The minimum Gasteiger partial charge on any atom is -0.539 e. The first-order valence-corrected chi connectivity index (χ1v) is 10.1. The first-order valence-electron chi connectivity index (χ1n) is 6.67. The third kappa shape index (κ3) is 5.55. The smallest absolute Gasteiger partial charge is 0.438 e. The number of nitrogens with zero attached hydrogens (tertiary/aromatic N) is 2. The normalized spacial score (nSPS) is 10.4. The zero-order chi connectivity index (χ0) is 16.8. The number of ether oxygens (including phenoxy) is 2. The number of carbonyl (C=O) groups excluding carboxylic acids is 1. The van der Waals surface area contributed by atoms with Gasteiger partial charge in [-0.05, 0) is 43.9 Å². The Balaban J connectivity index is 2.66. The van der Waals surface area contributed by atoms with Crippen molar-refractivity contribution in [1.82, 2.24) is 0 Å². The summed E-state index contributed by atoms with van der Waals surface area (Å²) in [5.41, 5.74) is 9.43. The Kier molecular flexibility index (Phi) is 6.09. The Morgan fingerprint density at radius 2 is 1.86 bits per heavy atom. The highest BCUT2D eigenvalue weighted by atomic mass is 28.4. The van der Waals surface area contributed by atoms with Crippen LogP contribution in [0.4, 0.5) is 0 Å². The van der Waals surface area contributed by atoms with Gasteiger partial charge in [-0.3, -0.25) is 0 Å². The number of esters is 1. The number of hydrogen-bond acceptors (Lipinski definition) is 4. The standard InChI is InChI=1S/C15H20N2O4Si/c1-11(21-22(3,4)5)14(17-16)15(18)20-10-12-6-8-13(19-2)9-7-12/h6-9H,1,10H2,2-5H3. The van der Waals surface area contributed by atoms with Crippen LogP contribution < -0.4 is 4.74 Å². The maximum Gasteiger partial charge on any atom is 0.438 e. The molecule has 0 bridgehead atoms. The highest BCUT2D eigenvalue weighted by Gasteiger charge is 2.31.